The standard InChI is InChI=1S/C30H29F4N5O3S2.H2O/c31-23-12-18(8-9-26(23)44(35)42)11-22-25(13-17-6-7-17)39(29-36-24(16-43-29)28(40)41)37-27(22)19-3-1-5-21(14-19)38-10-2-4-20(15-38)30(32,33)34;/h1,3,5,8-9,12,14,16-17,20H,2,4,6-7,10-11,13,15H2,(H2,35,42)(H,40,41);1H2. The summed E-state index contributed by atoms with van der Waals surface area (Å²) in [6.45, 7) is 0.365. The van der Waals surface area contributed by atoms with Crippen LogP contribution in [0, 0.1) is 17.7 Å². The van der Waals surface area contributed by atoms with E-state index in [0.29, 0.717) is 52.9 Å². The van der Waals surface area contributed by atoms with Crippen LogP contribution in [-0.4, -0.2) is 50.6 Å². The molecule has 2 aromatic heterocycles. The number of rotatable bonds is 9. The van der Waals surface area contributed by atoms with Gasteiger partial charge in [-0.25, -0.2) is 18.9 Å². The molecule has 15 heteroatoms. The van der Waals surface area contributed by atoms with E-state index in [1.54, 1.807) is 27.8 Å². The summed E-state index contributed by atoms with van der Waals surface area (Å²) in [6, 6.07) is 11.6. The van der Waals surface area contributed by atoms with Gasteiger partial charge in [-0.05, 0) is 67.9 Å². The third kappa shape index (κ3) is 7.11. The van der Waals surface area contributed by atoms with Gasteiger partial charge in [-0.3, -0.25) is 0 Å². The van der Waals surface area contributed by atoms with Gasteiger partial charge in [0.2, 0.25) is 10.0 Å². The molecular formula is C30H31F4N5O4S2. The molecule has 4 N–H and O–H groups in total. The predicted molar refractivity (Wildman–Crippen MR) is 162 cm³/mol. The molecule has 4 aromatic rings. The van der Waals surface area contributed by atoms with E-state index in [2.05, 4.69) is 4.98 Å². The maximum atomic E-state index is 14.8. The number of nitrogens with zero attached hydrogens (tertiary/aromatic N) is 4. The summed E-state index contributed by atoms with van der Waals surface area (Å²) in [5.41, 5.74) is 3.92. The first kappa shape index (κ1) is 32.7. The van der Waals surface area contributed by atoms with Crippen molar-refractivity contribution in [2.24, 2.45) is 17.0 Å². The topological polar surface area (TPSA) is 144 Å². The molecule has 1 aliphatic carbocycles. The maximum absolute atomic E-state index is 14.8. The summed E-state index contributed by atoms with van der Waals surface area (Å²) in [7, 11) is -2.36. The fourth-order valence-corrected chi connectivity index (χ4v) is 6.97. The van der Waals surface area contributed by atoms with Crippen LogP contribution in [0.15, 0.2) is 52.7 Å². The number of thiazole rings is 1. The van der Waals surface area contributed by atoms with Crippen molar-refractivity contribution in [3.8, 4) is 16.4 Å². The molecular weight excluding hydrogens is 634 g/mol. The molecule has 9 nitrogen and oxygen atoms in total. The molecule has 1 aliphatic heterocycles. The first-order chi connectivity index (χ1) is 21.0. The maximum Gasteiger partial charge on any atom is 0.393 e. The predicted octanol–water partition coefficient (Wildman–Crippen LogP) is 5.91. The number of aromatic nitrogens is 3. The summed E-state index contributed by atoms with van der Waals surface area (Å²) >= 11 is 1.14. The van der Waals surface area contributed by atoms with E-state index in [1.165, 1.54) is 17.5 Å². The lowest BCUT2D eigenvalue weighted by Gasteiger charge is -2.35. The van der Waals surface area contributed by atoms with Gasteiger partial charge in [0.1, 0.15) is 0 Å². The van der Waals surface area contributed by atoms with Crippen LogP contribution in [0.2, 0.25) is 0 Å². The van der Waals surface area contributed by atoms with Gasteiger partial charge in [0.25, 0.3) is 0 Å². The van der Waals surface area contributed by atoms with E-state index in [-0.39, 0.29) is 35.5 Å². The number of hydrogen-bond acceptors (Lipinski definition) is 7. The second-order valence-corrected chi connectivity index (χ2v) is 13.3. The second kappa shape index (κ2) is 13.0. The van der Waals surface area contributed by atoms with Crippen molar-refractivity contribution < 1.29 is 37.1 Å². The zero-order chi connectivity index (χ0) is 31.2. The normalized spacial score (nSPS) is 17.6. The van der Waals surface area contributed by atoms with E-state index in [4.69, 9.17) is 10.2 Å². The number of halogens is 4. The molecule has 0 bridgehead atoms. The third-order valence-electron chi connectivity index (χ3n) is 8.16. The van der Waals surface area contributed by atoms with Crippen molar-refractivity contribution in [3.05, 3.63) is 76.2 Å². The Morgan fingerprint density at radius 1 is 1.16 bits per heavy atom. The van der Waals surface area contributed by atoms with E-state index in [9.17, 15) is 31.7 Å². The fraction of sp³-hybridized carbons (Fsp3) is 0.367. The van der Waals surface area contributed by atoms with Gasteiger partial charge in [-0.1, -0.05) is 22.4 Å². The number of alkyl halides is 3. The lowest BCUT2D eigenvalue weighted by Crippen LogP contribution is -2.41. The number of carboxylic acids is 1. The minimum Gasteiger partial charge on any atom is -0.870 e. The van der Waals surface area contributed by atoms with Crippen LogP contribution < -0.4 is 10.0 Å². The van der Waals surface area contributed by atoms with Crippen molar-refractivity contribution in [2.75, 3.05) is 18.0 Å². The molecule has 6 rings (SSSR count). The molecule has 1 saturated carbocycles. The van der Waals surface area contributed by atoms with Crippen LogP contribution in [0.4, 0.5) is 23.2 Å². The quantitative estimate of drug-likeness (QED) is 0.129. The molecule has 0 radical (unpaired) electrons. The number of benzene rings is 2. The highest BCUT2D eigenvalue weighted by Crippen LogP contribution is 2.40. The summed E-state index contributed by atoms with van der Waals surface area (Å²) < 4.78 is 69.0. The Morgan fingerprint density at radius 2 is 1.93 bits per heavy atom. The molecule has 1 saturated heterocycles. The van der Waals surface area contributed by atoms with Crippen LogP contribution in [0.1, 0.15) is 53.0 Å². The van der Waals surface area contributed by atoms with Gasteiger partial charge in [-0.15, -0.1) is 16.5 Å². The molecule has 0 amide bonds. The van der Waals surface area contributed by atoms with Gasteiger partial charge in [0.05, 0.1) is 17.3 Å². The number of aromatic carboxylic acids is 1. The number of anilines is 1. The average molecular weight is 666 g/mol. The van der Waals surface area contributed by atoms with Crippen molar-refractivity contribution in [1.29, 1.82) is 0 Å². The highest BCUT2D eigenvalue weighted by molar-refractivity contribution is 7.82. The van der Waals surface area contributed by atoms with Crippen molar-refractivity contribution in [3.63, 3.8) is 0 Å². The molecule has 2 unspecified atom stereocenters. The summed E-state index contributed by atoms with van der Waals surface area (Å²) in [5.74, 6) is -2.85. The van der Waals surface area contributed by atoms with Crippen molar-refractivity contribution in [1.82, 2.24) is 14.8 Å². The smallest absolute Gasteiger partial charge is 0.393 e. The Hall–Kier alpha value is -3.66. The largest absolute Gasteiger partial charge is 0.870 e. The monoisotopic (exact) mass is 665 g/mol. The van der Waals surface area contributed by atoms with E-state index >= 15 is 0 Å². The van der Waals surface area contributed by atoms with Gasteiger partial charge >= 0.3 is 12.1 Å². The summed E-state index contributed by atoms with van der Waals surface area (Å²) in [5, 5.41) is 21.7. The molecule has 2 aromatic carbocycles. The van der Waals surface area contributed by atoms with E-state index < -0.39 is 34.9 Å². The minimum atomic E-state index is -4.27. The fourth-order valence-electron chi connectivity index (χ4n) is 5.70. The minimum absolute atomic E-state index is 0. The number of carbonyl (C=O) groups is 1. The summed E-state index contributed by atoms with van der Waals surface area (Å²) in [6.07, 6.45) is -0.823. The second-order valence-electron chi connectivity index (χ2n) is 11.3. The third-order valence-corrected chi connectivity index (χ3v) is 9.81. The van der Waals surface area contributed by atoms with E-state index in [1.807, 2.05) is 12.1 Å². The molecule has 2 atom stereocenters. The first-order valence-electron chi connectivity index (χ1n) is 14.2. The number of carboxylic acid groups (broad SMARTS) is 1. The van der Waals surface area contributed by atoms with Crippen LogP contribution >= 0.6 is 11.3 Å². The van der Waals surface area contributed by atoms with Crippen molar-refractivity contribution >= 4 is 34.0 Å². The molecule has 45 heavy (non-hydrogen) atoms. The van der Waals surface area contributed by atoms with Crippen LogP contribution in [-0.2, 0) is 28.0 Å². The Labute approximate surface area is 262 Å². The Kier molecular flexibility index (Phi) is 9.44. The zero-order valence-electron chi connectivity index (χ0n) is 23.9. The molecule has 240 valence electrons. The molecule has 2 fully saturated rings. The number of hydrogen-bond donors (Lipinski definition) is 2. The molecule has 3 heterocycles. The zero-order valence-corrected chi connectivity index (χ0v) is 25.6. The van der Waals surface area contributed by atoms with Crippen LogP contribution in [0.3, 0.4) is 0 Å². The van der Waals surface area contributed by atoms with Gasteiger partial charge in [0.15, 0.2) is 22.5 Å². The SMILES string of the molecule is N[SH+](=O)c1ccc(Cc2c(-c3cccc(N4CCCC(C(F)(F)F)C4)c3)nn(-c3nc(C(=O)O)cs3)c2CC2CC2)cc1F.[OH-]. The van der Waals surface area contributed by atoms with Crippen LogP contribution in [0.5, 0.6) is 0 Å². The van der Waals surface area contributed by atoms with Gasteiger partial charge in [0, 0.05) is 41.7 Å². The number of piperidine rings is 1. The Morgan fingerprint density at radius 3 is 2.58 bits per heavy atom. The van der Waals surface area contributed by atoms with Gasteiger partial charge in [-0.2, -0.15) is 18.3 Å². The number of nitrogens with two attached hydrogens (primary N) is 1. The number of thiol groups is 1. The molecule has 2 aliphatic rings. The first-order valence-corrected chi connectivity index (χ1v) is 16.4. The summed E-state index contributed by atoms with van der Waals surface area (Å²) in [4.78, 5) is 17.6. The van der Waals surface area contributed by atoms with Crippen LogP contribution in [0.25, 0.3) is 16.4 Å². The Balaban J connectivity index is 0.00000400. The lowest BCUT2D eigenvalue weighted by molar-refractivity contribution is -0.176. The highest BCUT2D eigenvalue weighted by atomic mass is 32.2. The highest BCUT2D eigenvalue weighted by Gasteiger charge is 2.42. The lowest BCUT2D eigenvalue weighted by atomic mass is 9.95. The van der Waals surface area contributed by atoms with E-state index in [0.717, 1.165) is 35.4 Å². The average Bonchev–Trinajstić information content (AvgIpc) is 3.54. The van der Waals surface area contributed by atoms with Gasteiger partial charge < -0.3 is 15.5 Å². The van der Waals surface area contributed by atoms with Crippen molar-refractivity contribution in [2.45, 2.75) is 49.6 Å². The molecule has 0 spiro atoms. The Bertz CT molecular complexity index is 1740.